The van der Waals surface area contributed by atoms with Crippen molar-refractivity contribution in [3.8, 4) is 40.2 Å². The zero-order valence-electron chi connectivity index (χ0n) is 26.0. The molecule has 0 aliphatic rings. The Labute approximate surface area is 241 Å². The predicted molar refractivity (Wildman–Crippen MR) is 161 cm³/mol. The summed E-state index contributed by atoms with van der Waals surface area (Å²) in [4.78, 5) is 0. The van der Waals surface area contributed by atoms with Crippen LogP contribution in [-0.2, 0) is 5.41 Å². The minimum absolute atomic E-state index is 0.326. The standard InChI is InChI=1S/C33H48O7/c1-12-34-27-19-25(29(36-14-3)32(38-16-5)31(27)40-21-23(8)9)33(10,11)24-17-18-26(39-20-22(6)7)30(37-15-4)28(24)35-13-2/h17-19H,6,8,12-16,20-21H2,1-5,7,9-11H3. The maximum absolute atomic E-state index is 6.29. The van der Waals surface area contributed by atoms with E-state index in [-0.39, 0.29) is 0 Å². The summed E-state index contributed by atoms with van der Waals surface area (Å²) >= 11 is 0. The molecule has 7 nitrogen and oxygen atoms in total. The van der Waals surface area contributed by atoms with Crippen LogP contribution in [0.15, 0.2) is 42.5 Å². The van der Waals surface area contributed by atoms with Crippen LogP contribution in [0.1, 0.15) is 73.4 Å². The monoisotopic (exact) mass is 556 g/mol. The van der Waals surface area contributed by atoms with Crippen molar-refractivity contribution in [2.75, 3.05) is 46.2 Å². The molecule has 0 atom stereocenters. The van der Waals surface area contributed by atoms with Crippen molar-refractivity contribution in [1.29, 1.82) is 0 Å². The maximum Gasteiger partial charge on any atom is 0.207 e. The van der Waals surface area contributed by atoms with E-state index in [0.717, 1.165) is 22.3 Å². The van der Waals surface area contributed by atoms with Crippen LogP contribution in [0.4, 0.5) is 0 Å². The lowest BCUT2D eigenvalue weighted by molar-refractivity contribution is 0.243. The summed E-state index contributed by atoms with van der Waals surface area (Å²) in [6.07, 6.45) is 0. The molecule has 0 spiro atoms. The van der Waals surface area contributed by atoms with Crippen LogP contribution in [0.2, 0.25) is 0 Å². The van der Waals surface area contributed by atoms with Crippen molar-refractivity contribution in [1.82, 2.24) is 0 Å². The second-order valence-corrected chi connectivity index (χ2v) is 9.96. The van der Waals surface area contributed by atoms with Crippen LogP contribution in [0.3, 0.4) is 0 Å². The molecule has 0 unspecified atom stereocenters. The van der Waals surface area contributed by atoms with Gasteiger partial charge in [-0.1, -0.05) is 33.1 Å². The van der Waals surface area contributed by atoms with Crippen molar-refractivity contribution >= 4 is 0 Å². The minimum Gasteiger partial charge on any atom is -0.490 e. The topological polar surface area (TPSA) is 64.6 Å². The van der Waals surface area contributed by atoms with Gasteiger partial charge in [0.25, 0.3) is 0 Å². The molecule has 222 valence electrons. The molecule has 0 fully saturated rings. The molecule has 0 amide bonds. The minimum atomic E-state index is -0.641. The first-order chi connectivity index (χ1) is 19.1. The first-order valence-corrected chi connectivity index (χ1v) is 14.1. The van der Waals surface area contributed by atoms with Crippen molar-refractivity contribution in [2.24, 2.45) is 0 Å². The lowest BCUT2D eigenvalue weighted by atomic mass is 9.76. The summed E-state index contributed by atoms with van der Waals surface area (Å²) in [5, 5.41) is 0. The van der Waals surface area contributed by atoms with Gasteiger partial charge in [-0.15, -0.1) is 0 Å². The van der Waals surface area contributed by atoms with Gasteiger partial charge in [-0.2, -0.15) is 0 Å². The molecule has 2 aromatic carbocycles. The van der Waals surface area contributed by atoms with Gasteiger partial charge in [0.2, 0.25) is 17.2 Å². The fourth-order valence-corrected chi connectivity index (χ4v) is 4.29. The summed E-state index contributed by atoms with van der Waals surface area (Å²) in [5.74, 6) is 3.95. The van der Waals surface area contributed by atoms with E-state index in [1.807, 2.05) is 66.7 Å². The van der Waals surface area contributed by atoms with Crippen molar-refractivity contribution in [2.45, 2.75) is 67.7 Å². The average Bonchev–Trinajstić information content (AvgIpc) is 2.89. The second kappa shape index (κ2) is 15.3. The van der Waals surface area contributed by atoms with Crippen LogP contribution >= 0.6 is 0 Å². The van der Waals surface area contributed by atoms with E-state index in [2.05, 4.69) is 27.0 Å². The van der Waals surface area contributed by atoms with Crippen LogP contribution in [0.25, 0.3) is 0 Å². The molecule has 0 saturated heterocycles. The molecule has 0 aromatic heterocycles. The van der Waals surface area contributed by atoms with Crippen molar-refractivity contribution < 1.29 is 33.2 Å². The van der Waals surface area contributed by atoms with Gasteiger partial charge in [-0.3, -0.25) is 0 Å². The van der Waals surface area contributed by atoms with Gasteiger partial charge in [-0.05, 0) is 71.7 Å². The number of benzene rings is 2. The van der Waals surface area contributed by atoms with Gasteiger partial charge in [0, 0.05) is 16.5 Å². The van der Waals surface area contributed by atoms with E-state index in [1.54, 1.807) is 0 Å². The van der Waals surface area contributed by atoms with Crippen molar-refractivity contribution in [3.05, 3.63) is 53.6 Å². The van der Waals surface area contributed by atoms with Crippen molar-refractivity contribution in [3.63, 3.8) is 0 Å². The number of hydrogen-bond donors (Lipinski definition) is 0. The molecule has 0 heterocycles. The highest BCUT2D eigenvalue weighted by Gasteiger charge is 2.36. The fourth-order valence-electron chi connectivity index (χ4n) is 4.29. The molecular formula is C33H48O7. The Balaban J connectivity index is 2.91. The van der Waals surface area contributed by atoms with Gasteiger partial charge in [-0.25, -0.2) is 0 Å². The van der Waals surface area contributed by atoms with E-state index >= 15 is 0 Å². The van der Waals surface area contributed by atoms with Crippen LogP contribution < -0.4 is 33.2 Å². The Morgan fingerprint density at radius 1 is 0.550 bits per heavy atom. The third-order valence-electron chi connectivity index (χ3n) is 5.97. The number of hydrogen-bond acceptors (Lipinski definition) is 7. The molecule has 0 bridgehead atoms. The lowest BCUT2D eigenvalue weighted by Crippen LogP contribution is -2.23. The zero-order chi connectivity index (χ0) is 29.9. The van der Waals surface area contributed by atoms with Gasteiger partial charge < -0.3 is 33.2 Å². The normalized spacial score (nSPS) is 11.0. The first-order valence-electron chi connectivity index (χ1n) is 14.1. The van der Waals surface area contributed by atoms with E-state index in [9.17, 15) is 0 Å². The molecule has 0 radical (unpaired) electrons. The molecule has 2 aromatic rings. The Morgan fingerprint density at radius 3 is 1.52 bits per heavy atom. The van der Waals surface area contributed by atoms with Crippen LogP contribution in [0.5, 0.6) is 40.2 Å². The van der Waals surface area contributed by atoms with E-state index in [1.165, 1.54) is 0 Å². The summed E-state index contributed by atoms with van der Waals surface area (Å²) in [6.45, 7) is 28.6. The molecule has 0 aliphatic heterocycles. The SMILES string of the molecule is C=C(C)COc1ccc(C(C)(C)c2cc(OCC)c(OCC(=C)C)c(OCC)c2OCC)c(OCC)c1OCC. The quantitative estimate of drug-likeness (QED) is 0.173. The van der Waals surface area contributed by atoms with Gasteiger partial charge in [0.1, 0.15) is 13.2 Å². The molecule has 40 heavy (non-hydrogen) atoms. The van der Waals surface area contributed by atoms with E-state index < -0.39 is 5.41 Å². The molecule has 0 saturated carbocycles. The largest absolute Gasteiger partial charge is 0.490 e. The molecule has 7 heteroatoms. The Hall–Kier alpha value is -3.48. The maximum atomic E-state index is 6.29. The average molecular weight is 557 g/mol. The van der Waals surface area contributed by atoms with Gasteiger partial charge >= 0.3 is 0 Å². The summed E-state index contributed by atoms with van der Waals surface area (Å²) in [5.41, 5.74) is 2.92. The molecule has 2 rings (SSSR count). The number of rotatable bonds is 18. The molecular weight excluding hydrogens is 508 g/mol. The highest BCUT2D eigenvalue weighted by molar-refractivity contribution is 5.68. The highest BCUT2D eigenvalue weighted by atomic mass is 16.6. The van der Waals surface area contributed by atoms with Gasteiger partial charge in [0.05, 0.1) is 33.0 Å². The summed E-state index contributed by atoms with van der Waals surface area (Å²) in [7, 11) is 0. The van der Waals surface area contributed by atoms with E-state index in [4.69, 9.17) is 33.2 Å². The molecule has 0 aliphatic carbocycles. The lowest BCUT2D eigenvalue weighted by Gasteiger charge is -2.33. The Kier molecular flexibility index (Phi) is 12.6. The van der Waals surface area contributed by atoms with E-state index in [0.29, 0.717) is 86.5 Å². The van der Waals surface area contributed by atoms with Gasteiger partial charge in [0.15, 0.2) is 23.0 Å². The third-order valence-corrected chi connectivity index (χ3v) is 5.97. The summed E-state index contributed by atoms with van der Waals surface area (Å²) < 4.78 is 43.2. The summed E-state index contributed by atoms with van der Waals surface area (Å²) in [6, 6.07) is 5.92. The first kappa shape index (κ1) is 32.7. The highest BCUT2D eigenvalue weighted by Crippen LogP contribution is 2.54. The zero-order valence-corrected chi connectivity index (χ0v) is 26.0. The third kappa shape index (κ3) is 7.80. The Morgan fingerprint density at radius 2 is 1.00 bits per heavy atom. The number of ether oxygens (including phenoxy) is 7. The van der Waals surface area contributed by atoms with Crippen LogP contribution in [-0.4, -0.2) is 46.2 Å². The smallest absolute Gasteiger partial charge is 0.207 e. The predicted octanol–water partition coefficient (Wildman–Crippen LogP) is 7.92. The Bertz CT molecular complexity index is 1150. The second-order valence-electron chi connectivity index (χ2n) is 9.96. The molecule has 0 N–H and O–H groups in total. The fraction of sp³-hybridized carbons (Fsp3) is 0.515. The van der Waals surface area contributed by atoms with Crippen LogP contribution in [0, 0.1) is 0 Å².